The number of rotatable bonds is 3. The first-order chi connectivity index (χ1) is 16.1. The molecule has 1 spiro atoms. The predicted molar refractivity (Wildman–Crippen MR) is 140 cm³/mol. The topological polar surface area (TPSA) is 78.1 Å². The number of fused-ring (bicyclic) bond motifs is 2. The predicted octanol–water partition coefficient (Wildman–Crippen LogP) is 4.90. The largest absolute Gasteiger partial charge is 0.591 e. The lowest BCUT2D eigenvalue weighted by atomic mass is 9.74. The van der Waals surface area contributed by atoms with E-state index in [2.05, 4.69) is 32.0 Å². The molecule has 0 unspecified atom stereocenters. The number of aryl methyl sites for hydroxylation is 1. The average Bonchev–Trinajstić information content (AvgIpc) is 3.40. The van der Waals surface area contributed by atoms with Gasteiger partial charge in [-0.3, -0.25) is 0 Å². The van der Waals surface area contributed by atoms with Gasteiger partial charge >= 0.3 is 0 Å². The quantitative estimate of drug-likeness (QED) is 0.439. The summed E-state index contributed by atoms with van der Waals surface area (Å²) < 4.78 is 26.1. The molecule has 1 saturated heterocycles. The molecule has 1 atom stereocenters. The van der Waals surface area contributed by atoms with Crippen molar-refractivity contribution >= 4 is 44.3 Å². The van der Waals surface area contributed by atoms with Crippen LogP contribution in [0.5, 0.6) is 5.75 Å². The number of ether oxygens (including phenoxy) is 1. The van der Waals surface area contributed by atoms with Gasteiger partial charge in [0.2, 0.25) is 0 Å². The normalized spacial score (nSPS) is 19.7. The van der Waals surface area contributed by atoms with Crippen LogP contribution >= 0.6 is 15.9 Å². The Morgan fingerprint density at radius 1 is 1.21 bits per heavy atom. The van der Waals surface area contributed by atoms with Crippen molar-refractivity contribution in [1.29, 1.82) is 0 Å². The number of nitrogens with zero attached hydrogens (tertiary/aromatic N) is 5. The molecule has 0 radical (unpaired) electrons. The Kier molecular flexibility index (Phi) is 5.93. The zero-order valence-electron chi connectivity index (χ0n) is 20.3. The molecule has 0 N–H and O–H groups in total. The van der Waals surface area contributed by atoms with Crippen molar-refractivity contribution in [2.45, 2.75) is 51.7 Å². The summed E-state index contributed by atoms with van der Waals surface area (Å²) >= 11 is 2.28. The number of methoxy groups -OCH3 is 1. The fourth-order valence-corrected chi connectivity index (χ4v) is 6.18. The molecule has 3 aromatic rings. The van der Waals surface area contributed by atoms with Crippen molar-refractivity contribution in [3.63, 3.8) is 0 Å². The van der Waals surface area contributed by atoms with Crippen molar-refractivity contribution < 1.29 is 9.29 Å². The van der Waals surface area contributed by atoms with Crippen molar-refractivity contribution in [1.82, 2.24) is 14.6 Å². The molecule has 7 nitrogen and oxygen atoms in total. The van der Waals surface area contributed by atoms with Crippen molar-refractivity contribution in [3.8, 4) is 5.75 Å². The molecule has 3 heterocycles. The maximum absolute atomic E-state index is 13.1. The third-order valence-electron chi connectivity index (χ3n) is 6.97. The van der Waals surface area contributed by atoms with Gasteiger partial charge in [-0.05, 0) is 75.0 Å². The highest BCUT2D eigenvalue weighted by Crippen LogP contribution is 2.49. The van der Waals surface area contributed by atoms with E-state index in [1.807, 2.05) is 56.6 Å². The molecule has 1 aromatic carbocycles. The van der Waals surface area contributed by atoms with Crippen LogP contribution in [0.2, 0.25) is 0 Å². The van der Waals surface area contributed by atoms with Gasteiger partial charge in [-0.1, -0.05) is 16.5 Å². The lowest BCUT2D eigenvalue weighted by Gasteiger charge is -2.40. The third-order valence-corrected chi connectivity index (χ3v) is 9.28. The molecule has 2 aromatic heterocycles. The molecule has 34 heavy (non-hydrogen) atoms. The molecule has 180 valence electrons. The zero-order chi connectivity index (χ0) is 24.3. The summed E-state index contributed by atoms with van der Waals surface area (Å²) in [7, 11) is 1.71. The number of aromatic nitrogens is 3. The van der Waals surface area contributed by atoms with Crippen molar-refractivity contribution in [2.24, 2.45) is 9.81 Å². The molecule has 0 saturated carbocycles. The summed E-state index contributed by atoms with van der Waals surface area (Å²) in [5, 5.41) is 4.46. The lowest BCUT2D eigenvalue weighted by molar-refractivity contribution is 0.325. The zero-order valence-corrected chi connectivity index (χ0v) is 22.7. The van der Waals surface area contributed by atoms with E-state index in [1.165, 1.54) is 5.56 Å². The Bertz CT molecular complexity index is 1270. The van der Waals surface area contributed by atoms with E-state index in [0.29, 0.717) is 0 Å². The number of anilines is 1. The molecule has 1 aliphatic heterocycles. The summed E-state index contributed by atoms with van der Waals surface area (Å²) in [4.78, 5) is 7.25. The highest BCUT2D eigenvalue weighted by Gasteiger charge is 2.48. The Labute approximate surface area is 212 Å². The first kappa shape index (κ1) is 23.6. The van der Waals surface area contributed by atoms with Crippen LogP contribution in [-0.4, -0.2) is 49.8 Å². The number of halogens is 1. The van der Waals surface area contributed by atoms with Gasteiger partial charge in [-0.2, -0.15) is 5.10 Å². The Hall–Kier alpha value is -2.10. The van der Waals surface area contributed by atoms with Crippen LogP contribution in [0.25, 0.3) is 5.52 Å². The molecule has 5 rings (SSSR count). The first-order valence-corrected chi connectivity index (χ1v) is 13.5. The van der Waals surface area contributed by atoms with Crippen LogP contribution in [0.15, 0.2) is 39.5 Å². The lowest BCUT2D eigenvalue weighted by Crippen LogP contribution is -2.44. The van der Waals surface area contributed by atoms with E-state index in [0.717, 1.165) is 71.0 Å². The summed E-state index contributed by atoms with van der Waals surface area (Å²) in [5.41, 5.74) is 4.98. The number of benzene rings is 1. The van der Waals surface area contributed by atoms with Crippen LogP contribution in [0.3, 0.4) is 0 Å². The molecule has 1 fully saturated rings. The number of hydrogen-bond donors (Lipinski definition) is 0. The van der Waals surface area contributed by atoms with Gasteiger partial charge in [0.15, 0.2) is 5.82 Å². The second-order valence-corrected chi connectivity index (χ2v) is 12.8. The Morgan fingerprint density at radius 2 is 1.94 bits per heavy atom. The van der Waals surface area contributed by atoms with Crippen LogP contribution in [0.4, 0.5) is 5.82 Å². The standard InChI is InChI=1S/C25H30BrN5O2S/c1-16-22(26)31-19(9-12-27-31)23(28-16)30-13-10-25(11-14-30)15-18-17(7-6-8-20(18)33-5)21(25)29-34(32)24(2,3)4/h6-9,12H,10-11,13-15H2,1-5H3/b29-21+/t34-/m1/s1. The maximum Gasteiger partial charge on any atom is 0.155 e. The van der Waals surface area contributed by atoms with Gasteiger partial charge in [0.05, 0.1) is 19.0 Å². The van der Waals surface area contributed by atoms with Crippen molar-refractivity contribution in [3.05, 3.63) is 51.9 Å². The molecule has 0 amide bonds. The molecule has 1 aliphatic carbocycles. The molecule has 9 heteroatoms. The van der Waals surface area contributed by atoms with E-state index < -0.39 is 16.1 Å². The molecular weight excluding hydrogens is 514 g/mol. The second kappa shape index (κ2) is 8.53. The Balaban J connectivity index is 1.51. The number of hydrogen-bond acceptors (Lipinski definition) is 6. The molecular formula is C25H30BrN5O2S. The van der Waals surface area contributed by atoms with Crippen LogP contribution < -0.4 is 9.64 Å². The van der Waals surface area contributed by atoms with Gasteiger partial charge in [0.25, 0.3) is 0 Å². The van der Waals surface area contributed by atoms with Gasteiger partial charge in [-0.25, -0.2) is 9.50 Å². The Morgan fingerprint density at radius 3 is 2.62 bits per heavy atom. The van der Waals surface area contributed by atoms with E-state index >= 15 is 0 Å². The van der Waals surface area contributed by atoms with Gasteiger partial charge in [0, 0.05) is 29.6 Å². The van der Waals surface area contributed by atoms with Crippen molar-refractivity contribution in [2.75, 3.05) is 25.1 Å². The van der Waals surface area contributed by atoms with Crippen LogP contribution in [0, 0.1) is 12.3 Å². The summed E-state index contributed by atoms with van der Waals surface area (Å²) in [6.07, 6.45) is 4.47. The highest BCUT2D eigenvalue weighted by molar-refractivity contribution is 9.10. The van der Waals surface area contributed by atoms with E-state index in [1.54, 1.807) is 7.11 Å². The van der Waals surface area contributed by atoms with Gasteiger partial charge < -0.3 is 14.2 Å². The minimum absolute atomic E-state index is 0.157. The van der Waals surface area contributed by atoms with E-state index in [4.69, 9.17) is 14.1 Å². The summed E-state index contributed by atoms with van der Waals surface area (Å²) in [5.74, 6) is 1.84. The fourth-order valence-electron chi connectivity index (χ4n) is 5.07. The highest BCUT2D eigenvalue weighted by atomic mass is 79.9. The molecule has 0 bridgehead atoms. The van der Waals surface area contributed by atoms with E-state index in [-0.39, 0.29) is 5.41 Å². The smallest absolute Gasteiger partial charge is 0.155 e. The average molecular weight is 545 g/mol. The monoisotopic (exact) mass is 543 g/mol. The fraction of sp³-hybridized carbons (Fsp3) is 0.480. The number of piperidine rings is 1. The first-order valence-electron chi connectivity index (χ1n) is 11.6. The maximum atomic E-state index is 13.1. The SMILES string of the molecule is COc1cccc2c1CC1(CCN(c3nc(C)c(Br)n4nccc34)CC1)/C2=N/[S@+]([O-])C(C)(C)C. The van der Waals surface area contributed by atoms with Crippen LogP contribution in [-0.2, 0) is 17.8 Å². The third kappa shape index (κ3) is 3.82. The van der Waals surface area contributed by atoms with E-state index in [9.17, 15) is 4.55 Å². The van der Waals surface area contributed by atoms with Gasteiger partial charge in [0.1, 0.15) is 37.7 Å². The van der Waals surface area contributed by atoms with Crippen LogP contribution in [0.1, 0.15) is 50.4 Å². The summed E-state index contributed by atoms with van der Waals surface area (Å²) in [6.45, 7) is 9.60. The minimum atomic E-state index is -1.33. The summed E-state index contributed by atoms with van der Waals surface area (Å²) in [6, 6.07) is 8.13. The van der Waals surface area contributed by atoms with Gasteiger partial charge in [-0.15, -0.1) is 0 Å². The minimum Gasteiger partial charge on any atom is -0.591 e. The second-order valence-electron chi connectivity index (χ2n) is 10.2. The molecule has 2 aliphatic rings.